The van der Waals surface area contributed by atoms with Crippen LogP contribution >= 0.6 is 0 Å². The first-order valence-corrected chi connectivity index (χ1v) is 38.8. The van der Waals surface area contributed by atoms with Crippen LogP contribution in [-0.2, 0) is 42.2 Å². The zero-order valence-corrected chi connectivity index (χ0v) is 62.0. The van der Waals surface area contributed by atoms with Crippen molar-refractivity contribution < 1.29 is 42.1 Å². The van der Waals surface area contributed by atoms with Crippen LogP contribution in [0.2, 0.25) is 0 Å². The summed E-state index contributed by atoms with van der Waals surface area (Å²) in [5.74, 6) is 1.44. The van der Waals surface area contributed by atoms with E-state index >= 15 is 0 Å². The number of anilines is 6. The van der Waals surface area contributed by atoms with E-state index in [1.807, 2.05) is 80.1 Å². The Morgan fingerprint density at radius 3 is 1.28 bits per heavy atom. The Balaban J connectivity index is 0.000000117. The maximum Gasteiger partial charge on any atom is 0.254 e. The molecule has 0 saturated carbocycles. The zero-order chi connectivity index (χ0) is 76.1. The van der Waals surface area contributed by atoms with Crippen LogP contribution in [0, 0.1) is 17.5 Å². The van der Waals surface area contributed by atoms with Gasteiger partial charge in [-0.25, -0.2) is 43.1 Å². The molecule has 9 aromatic heterocycles. The monoisotopic (exact) mass is 1510 g/mol. The number of aliphatic hydroxyl groups is 1. The highest BCUT2D eigenvalue weighted by Crippen LogP contribution is 2.41. The molecule has 572 valence electrons. The van der Waals surface area contributed by atoms with E-state index in [2.05, 4.69) is 85.6 Å². The third kappa shape index (κ3) is 14.5. The molecule has 24 nitrogen and oxygen atoms in total. The first kappa shape index (κ1) is 72.1. The number of rotatable bonds is 17. The molecular weight excluding hydrogens is 1430 g/mol. The Morgan fingerprint density at radius 1 is 0.482 bits per heavy atom. The molecule has 4 atom stereocenters. The second-order valence-corrected chi connectivity index (χ2v) is 30.1. The lowest BCUT2D eigenvalue weighted by atomic mass is 9.96. The van der Waals surface area contributed by atoms with Gasteiger partial charge in [0, 0.05) is 130 Å². The largest absolute Gasteiger partial charge is 0.392 e. The SMILES string of the molecule is C[C@H](c1ccc(Nc2ccc(-c3cnc4cc(F)ccn34)c3c2C(=O)NC3)nc1)N1CCC[C@H](O)C1.O=C1NCc2c(-c3cnc4cc(F)ccn34)ccc(Nc3ccc([C@@H]4CCOC4)c(CN4CCCC4)n3)c21.O=C1NCc2c(-c3cnc4cc(F)ccn34)ccc(Nc3ccc([C@H]4CCOC4)c(CN4CCCC4)n3)c21. The number of hydrogen-bond donors (Lipinski definition) is 7. The number of aromatic nitrogens is 9. The van der Waals surface area contributed by atoms with Crippen molar-refractivity contribution in [1.82, 2.24) is 73.8 Å². The van der Waals surface area contributed by atoms with E-state index in [1.54, 1.807) is 37.2 Å². The second-order valence-electron chi connectivity index (χ2n) is 30.1. The van der Waals surface area contributed by atoms with Gasteiger partial charge in [-0.3, -0.25) is 42.3 Å². The number of carbonyl (C=O) groups excluding carboxylic acids is 3. The number of β-amino-alcohol motifs (C(OH)–C–C–N with tert-alkyl or cyclic N) is 1. The predicted molar refractivity (Wildman–Crippen MR) is 418 cm³/mol. The number of fused-ring (bicyclic) bond motifs is 6. The molecule has 0 spiro atoms. The minimum Gasteiger partial charge on any atom is -0.392 e. The standard InChI is InChI=1S/2C29H29FN6O2.C27H27FN6O2/c2*30-19-7-11-36-25(15-31-27(36)13-19)21-3-5-23(28-22(21)14-32-29(28)37)33-26-6-4-20(18-8-12-38-17-18)24(34-26)16-35-9-1-2-10-35;1-16(33-9-2-3-19(35)15-33)17-4-7-24(29-12-17)32-22-6-5-20(21-13-31-27(36)26(21)22)23-14-30-25-11-18(28)8-10-34(23)25/h2*3-7,11,13,15,18H,1-2,8-10,12,14,16-17H2,(H,32,37)(H,33,34);4-8,10-12,14,16,19,35H,2-3,9,13,15H2,1H3,(H,29,32)(H,31,36)/t2*18-;16-,19+/m101/s1. The molecule has 5 fully saturated rings. The van der Waals surface area contributed by atoms with Crippen LogP contribution in [0.5, 0.6) is 0 Å². The third-order valence-electron chi connectivity index (χ3n) is 23.1. The quantitative estimate of drug-likeness (QED) is 0.0447. The summed E-state index contributed by atoms with van der Waals surface area (Å²) in [7, 11) is 0. The topological polar surface area (TPSA) is 262 Å². The first-order chi connectivity index (χ1) is 54.7. The molecule has 27 heteroatoms. The van der Waals surface area contributed by atoms with Crippen LogP contribution in [0.25, 0.3) is 50.7 Å². The van der Waals surface area contributed by atoms with Crippen LogP contribution in [0.15, 0.2) is 153 Å². The van der Waals surface area contributed by atoms with Gasteiger partial charge in [0.2, 0.25) is 0 Å². The van der Waals surface area contributed by atoms with Crippen LogP contribution in [-0.4, -0.2) is 152 Å². The Bertz CT molecular complexity index is 5380. The molecule has 5 saturated heterocycles. The molecule has 8 aliphatic heterocycles. The van der Waals surface area contributed by atoms with E-state index in [0.717, 1.165) is 188 Å². The summed E-state index contributed by atoms with van der Waals surface area (Å²) in [5.41, 5.74) is 19.0. The number of imidazole rings is 3. The highest BCUT2D eigenvalue weighted by molar-refractivity contribution is 6.08. The molecule has 12 aromatic rings. The van der Waals surface area contributed by atoms with Crippen molar-refractivity contribution in [3.05, 3.63) is 231 Å². The van der Waals surface area contributed by atoms with Gasteiger partial charge in [-0.2, -0.15) is 0 Å². The minimum atomic E-state index is -0.345. The van der Waals surface area contributed by atoms with Gasteiger partial charge in [0.25, 0.3) is 17.7 Å². The molecule has 112 heavy (non-hydrogen) atoms. The number of carbonyl (C=O) groups is 3. The maximum absolute atomic E-state index is 13.7. The summed E-state index contributed by atoms with van der Waals surface area (Å²) >= 11 is 0. The van der Waals surface area contributed by atoms with Gasteiger partial charge >= 0.3 is 0 Å². The van der Waals surface area contributed by atoms with E-state index in [0.29, 0.717) is 83.2 Å². The number of amides is 3. The number of halogens is 3. The number of nitrogens with one attached hydrogen (secondary N) is 6. The van der Waals surface area contributed by atoms with E-state index in [1.165, 1.54) is 73.2 Å². The summed E-state index contributed by atoms with van der Waals surface area (Å²) in [6.07, 6.45) is 20.5. The van der Waals surface area contributed by atoms with Gasteiger partial charge in [0.05, 0.1) is 100 Å². The molecule has 20 rings (SSSR count). The van der Waals surface area contributed by atoms with Gasteiger partial charge in [0.1, 0.15) is 51.8 Å². The molecule has 7 N–H and O–H groups in total. The summed E-state index contributed by atoms with van der Waals surface area (Å²) < 4.78 is 57.9. The van der Waals surface area contributed by atoms with Crippen molar-refractivity contribution in [3.63, 3.8) is 0 Å². The van der Waals surface area contributed by atoms with Crippen molar-refractivity contribution in [2.24, 2.45) is 0 Å². The fourth-order valence-electron chi connectivity index (χ4n) is 17.3. The van der Waals surface area contributed by atoms with Crippen molar-refractivity contribution in [1.29, 1.82) is 0 Å². The van der Waals surface area contributed by atoms with E-state index in [9.17, 15) is 32.7 Å². The van der Waals surface area contributed by atoms with E-state index in [4.69, 9.17) is 19.4 Å². The Morgan fingerprint density at radius 2 is 0.893 bits per heavy atom. The molecule has 17 heterocycles. The van der Waals surface area contributed by atoms with Gasteiger partial charge in [-0.15, -0.1) is 0 Å². The van der Waals surface area contributed by atoms with E-state index in [-0.39, 0.29) is 47.3 Å². The maximum atomic E-state index is 13.7. The lowest BCUT2D eigenvalue weighted by Gasteiger charge is -2.34. The van der Waals surface area contributed by atoms with Crippen molar-refractivity contribution >= 4 is 69.2 Å². The van der Waals surface area contributed by atoms with Crippen LogP contribution in [0.4, 0.5) is 47.7 Å². The number of benzene rings is 3. The molecule has 0 radical (unpaired) electrons. The number of likely N-dealkylation sites (tertiary alicyclic amines) is 3. The second kappa shape index (κ2) is 31.0. The number of pyridine rings is 6. The smallest absolute Gasteiger partial charge is 0.254 e. The summed E-state index contributed by atoms with van der Waals surface area (Å²) in [6, 6.07) is 32.5. The number of aliphatic hydroxyl groups excluding tert-OH is 1. The van der Waals surface area contributed by atoms with E-state index < -0.39 is 0 Å². The lowest BCUT2D eigenvalue weighted by Crippen LogP contribution is -2.39. The molecule has 8 aliphatic rings. The van der Waals surface area contributed by atoms with Gasteiger partial charge in [0.15, 0.2) is 0 Å². The summed E-state index contributed by atoms with van der Waals surface area (Å²) in [6.45, 7) is 14.1. The molecule has 3 amide bonds. The molecule has 0 bridgehead atoms. The fourth-order valence-corrected chi connectivity index (χ4v) is 17.3. The third-order valence-corrected chi connectivity index (χ3v) is 23.1. The zero-order valence-electron chi connectivity index (χ0n) is 62.0. The highest BCUT2D eigenvalue weighted by Gasteiger charge is 2.34. The normalized spacial score (nSPS) is 19.1. The van der Waals surface area contributed by atoms with Gasteiger partial charge in [-0.1, -0.05) is 36.4 Å². The van der Waals surface area contributed by atoms with Crippen LogP contribution in [0.3, 0.4) is 0 Å². The number of hydrogen-bond acceptors (Lipinski definition) is 18. The summed E-state index contributed by atoms with van der Waals surface area (Å²) in [5, 5.41) is 29.0. The average Bonchev–Trinajstić information content (AvgIpc) is 1.61. The molecule has 0 aliphatic carbocycles. The van der Waals surface area contributed by atoms with Crippen LogP contribution in [0.1, 0.15) is 152 Å². The average molecular weight is 1510 g/mol. The molecule has 3 aromatic carbocycles. The number of piperidine rings is 1. The molecular formula is C85H85F3N18O6. The van der Waals surface area contributed by atoms with Gasteiger partial charge in [-0.05, 0) is 179 Å². The van der Waals surface area contributed by atoms with Gasteiger partial charge < -0.3 is 46.5 Å². The summed E-state index contributed by atoms with van der Waals surface area (Å²) in [4.78, 5) is 73.7. The van der Waals surface area contributed by atoms with Crippen molar-refractivity contribution in [3.8, 4) is 33.8 Å². The first-order valence-electron chi connectivity index (χ1n) is 38.8. The highest BCUT2D eigenvalue weighted by atomic mass is 19.1. The van der Waals surface area contributed by atoms with Crippen molar-refractivity contribution in [2.75, 3.05) is 81.6 Å². The Labute approximate surface area is 643 Å². The Kier molecular flexibility index (Phi) is 20.0. The Hall–Kier alpha value is -11.5. The predicted octanol–water partition coefficient (Wildman–Crippen LogP) is 13.3. The minimum absolute atomic E-state index is 0.124. The molecule has 0 unspecified atom stereocenters. The lowest BCUT2D eigenvalue weighted by molar-refractivity contribution is 0.0503. The fraction of sp³-hybridized carbons (Fsp3) is 0.329. The number of ether oxygens (including phenoxy) is 2. The number of nitrogens with zero attached hydrogens (tertiary/aromatic N) is 12. The van der Waals surface area contributed by atoms with Crippen molar-refractivity contribution in [2.45, 2.75) is 115 Å². The van der Waals surface area contributed by atoms with Crippen LogP contribution < -0.4 is 31.9 Å².